The summed E-state index contributed by atoms with van der Waals surface area (Å²) in [5.41, 5.74) is 11.3. The van der Waals surface area contributed by atoms with Gasteiger partial charge in [0, 0.05) is 30.0 Å². The SMILES string of the molecule is NCCOCCO/N=C(\C(=O)N[C@@H]1C(=O)N2C(C(=O)O)=C(C[n+]3ccccc3)CS[C@@H]12)c1nc(N)sc1Cl. The Balaban J connectivity index is 1.49. The number of anilines is 1. The lowest BCUT2D eigenvalue weighted by Crippen LogP contribution is -2.71. The van der Waals surface area contributed by atoms with E-state index in [1.54, 1.807) is 0 Å². The molecule has 1 fully saturated rings. The maximum atomic E-state index is 13.2. The summed E-state index contributed by atoms with van der Waals surface area (Å²) in [6.07, 6.45) is 3.63. The predicted octanol–water partition coefficient (Wildman–Crippen LogP) is -0.199. The van der Waals surface area contributed by atoms with Crippen LogP contribution in [0.15, 0.2) is 47.0 Å². The van der Waals surface area contributed by atoms with Gasteiger partial charge in [0.15, 0.2) is 29.8 Å². The molecule has 13 nitrogen and oxygen atoms in total. The molecule has 0 aromatic carbocycles. The van der Waals surface area contributed by atoms with Gasteiger partial charge in [-0.3, -0.25) is 14.5 Å². The molecule has 0 unspecified atom stereocenters. The van der Waals surface area contributed by atoms with Crippen LogP contribution in [-0.2, 0) is 30.5 Å². The number of carbonyl (C=O) groups excluding carboxylic acids is 2. The minimum atomic E-state index is -1.21. The van der Waals surface area contributed by atoms with Gasteiger partial charge in [0.25, 0.3) is 11.8 Å². The third-order valence-electron chi connectivity index (χ3n) is 5.47. The number of nitrogens with one attached hydrogen (secondary N) is 1. The van der Waals surface area contributed by atoms with Crippen LogP contribution in [-0.4, -0.2) is 82.0 Å². The summed E-state index contributed by atoms with van der Waals surface area (Å²) in [6, 6.07) is 4.53. The molecule has 6 N–H and O–H groups in total. The highest BCUT2D eigenvalue weighted by molar-refractivity contribution is 8.00. The van der Waals surface area contributed by atoms with Crippen molar-refractivity contribution < 1.29 is 33.6 Å². The van der Waals surface area contributed by atoms with Gasteiger partial charge in [-0.15, -0.1) is 11.8 Å². The van der Waals surface area contributed by atoms with Crippen molar-refractivity contribution in [3.63, 3.8) is 0 Å². The highest BCUT2D eigenvalue weighted by Crippen LogP contribution is 2.40. The molecule has 2 atom stereocenters. The zero-order valence-electron chi connectivity index (χ0n) is 19.9. The molecular formula is C22H25ClN7O6S2+. The Kier molecular flexibility index (Phi) is 9.17. The van der Waals surface area contributed by atoms with Crippen LogP contribution in [0, 0.1) is 0 Å². The number of rotatable bonds is 12. The van der Waals surface area contributed by atoms with Crippen molar-refractivity contribution in [1.82, 2.24) is 15.2 Å². The summed E-state index contributed by atoms with van der Waals surface area (Å²) in [4.78, 5) is 48.9. The molecule has 0 spiro atoms. The first kappa shape index (κ1) is 27.8. The Morgan fingerprint density at radius 2 is 2.05 bits per heavy atom. The molecule has 4 heterocycles. The number of carboxylic acid groups (broad SMARTS) is 1. The number of nitrogens with zero attached hydrogens (tertiary/aromatic N) is 4. The molecule has 2 amide bonds. The quantitative estimate of drug-likeness (QED) is 0.0858. The molecule has 0 saturated carbocycles. The van der Waals surface area contributed by atoms with Gasteiger partial charge < -0.3 is 31.5 Å². The van der Waals surface area contributed by atoms with E-state index in [-0.39, 0.29) is 39.8 Å². The smallest absolute Gasteiger partial charge is 0.352 e. The van der Waals surface area contributed by atoms with E-state index in [4.69, 9.17) is 32.6 Å². The minimum absolute atomic E-state index is 0.00256. The van der Waals surface area contributed by atoms with Crippen LogP contribution in [0.2, 0.25) is 4.34 Å². The normalized spacial score (nSPS) is 19.2. The van der Waals surface area contributed by atoms with Crippen molar-refractivity contribution in [3.05, 3.63) is 51.9 Å². The first-order chi connectivity index (χ1) is 18.3. The number of ether oxygens (including phenoxy) is 1. The maximum Gasteiger partial charge on any atom is 0.352 e. The molecule has 1 saturated heterocycles. The van der Waals surface area contributed by atoms with E-state index in [9.17, 15) is 19.5 Å². The maximum absolute atomic E-state index is 13.2. The van der Waals surface area contributed by atoms with Gasteiger partial charge >= 0.3 is 5.97 Å². The van der Waals surface area contributed by atoms with Crippen LogP contribution in [0.3, 0.4) is 0 Å². The second kappa shape index (κ2) is 12.5. The van der Waals surface area contributed by atoms with Crippen molar-refractivity contribution in [2.75, 3.05) is 37.9 Å². The summed E-state index contributed by atoms with van der Waals surface area (Å²) in [7, 11) is 0. The van der Waals surface area contributed by atoms with Crippen molar-refractivity contribution in [1.29, 1.82) is 0 Å². The molecule has 0 radical (unpaired) electrons. The average molecular weight is 583 g/mol. The zero-order valence-corrected chi connectivity index (χ0v) is 22.3. The van der Waals surface area contributed by atoms with Gasteiger partial charge in [0.05, 0.1) is 13.2 Å². The number of halogens is 1. The number of nitrogens with two attached hydrogens (primary N) is 2. The Morgan fingerprint density at radius 1 is 1.29 bits per heavy atom. The van der Waals surface area contributed by atoms with Crippen LogP contribution in [0.4, 0.5) is 5.13 Å². The monoisotopic (exact) mass is 582 g/mol. The number of aromatic nitrogens is 2. The lowest BCUT2D eigenvalue weighted by atomic mass is 10.0. The Bertz CT molecular complexity index is 1270. The van der Waals surface area contributed by atoms with Crippen molar-refractivity contribution >= 4 is 63.3 Å². The number of aliphatic carboxylic acids is 1. The molecule has 16 heteroatoms. The molecule has 0 aliphatic carbocycles. The summed E-state index contributed by atoms with van der Waals surface area (Å²) in [5, 5.41) is 15.9. The van der Waals surface area contributed by atoms with Crippen LogP contribution >= 0.6 is 34.7 Å². The number of nitrogen functional groups attached to an aromatic ring is 1. The second-order valence-electron chi connectivity index (χ2n) is 8.01. The van der Waals surface area contributed by atoms with E-state index < -0.39 is 29.2 Å². The number of carbonyl (C=O) groups is 3. The number of amides is 2. The molecule has 2 aromatic rings. The number of carboxylic acids is 1. The van der Waals surface area contributed by atoms with Gasteiger partial charge in [0.1, 0.15) is 33.7 Å². The van der Waals surface area contributed by atoms with Crippen LogP contribution in [0.1, 0.15) is 5.69 Å². The third kappa shape index (κ3) is 6.07. The van der Waals surface area contributed by atoms with Crippen molar-refractivity contribution in [3.8, 4) is 0 Å². The number of thioether (sulfide) groups is 1. The Labute approximate surface area is 230 Å². The van der Waals surface area contributed by atoms with Crippen LogP contribution in [0.5, 0.6) is 0 Å². The molecular weight excluding hydrogens is 558 g/mol. The van der Waals surface area contributed by atoms with Gasteiger partial charge in [0.2, 0.25) is 0 Å². The zero-order chi connectivity index (χ0) is 27.2. The second-order valence-corrected chi connectivity index (χ2v) is 10.8. The van der Waals surface area contributed by atoms with Gasteiger partial charge in [-0.1, -0.05) is 34.2 Å². The van der Waals surface area contributed by atoms with E-state index in [1.807, 2.05) is 35.2 Å². The average Bonchev–Trinajstić information content (AvgIpc) is 3.24. The first-order valence-corrected chi connectivity index (χ1v) is 13.6. The van der Waals surface area contributed by atoms with Crippen LogP contribution < -0.4 is 21.4 Å². The largest absolute Gasteiger partial charge is 0.477 e. The number of oxime groups is 1. The summed E-state index contributed by atoms with van der Waals surface area (Å²) < 4.78 is 7.16. The molecule has 2 aromatic heterocycles. The summed E-state index contributed by atoms with van der Waals surface area (Å²) in [5.74, 6) is -2.17. The fraction of sp³-hybridized carbons (Fsp3) is 0.364. The number of fused-ring (bicyclic) bond motifs is 1. The molecule has 0 bridgehead atoms. The van der Waals surface area contributed by atoms with Gasteiger partial charge in [-0.2, -0.15) is 0 Å². The number of hydrogen-bond donors (Lipinski definition) is 4. The lowest BCUT2D eigenvalue weighted by molar-refractivity contribution is -0.689. The number of thiazole rings is 1. The van der Waals surface area contributed by atoms with E-state index >= 15 is 0 Å². The molecule has 202 valence electrons. The van der Waals surface area contributed by atoms with Gasteiger partial charge in [-0.25, -0.2) is 14.3 Å². The highest BCUT2D eigenvalue weighted by Gasteiger charge is 2.54. The van der Waals surface area contributed by atoms with Gasteiger partial charge in [-0.05, 0) is 0 Å². The Hall–Kier alpha value is -3.24. The third-order valence-corrected chi connectivity index (χ3v) is 7.89. The minimum Gasteiger partial charge on any atom is -0.477 e. The molecule has 38 heavy (non-hydrogen) atoms. The van der Waals surface area contributed by atoms with E-state index in [1.165, 1.54) is 16.7 Å². The number of β-lactam (4-membered cyclic amide) rings is 1. The molecule has 4 rings (SSSR count). The number of pyridine rings is 1. The van der Waals surface area contributed by atoms with Crippen molar-refractivity contribution in [2.45, 2.75) is 18.0 Å². The van der Waals surface area contributed by atoms with Crippen LogP contribution in [0.25, 0.3) is 0 Å². The van der Waals surface area contributed by atoms with E-state index in [0.29, 0.717) is 31.0 Å². The highest BCUT2D eigenvalue weighted by atomic mass is 35.5. The first-order valence-electron chi connectivity index (χ1n) is 11.4. The van der Waals surface area contributed by atoms with E-state index in [0.717, 1.165) is 11.3 Å². The fourth-order valence-electron chi connectivity index (χ4n) is 3.82. The fourth-order valence-corrected chi connectivity index (χ4v) is 6.09. The summed E-state index contributed by atoms with van der Waals surface area (Å²) in [6.45, 7) is 1.22. The predicted molar refractivity (Wildman–Crippen MR) is 140 cm³/mol. The van der Waals surface area contributed by atoms with Crippen molar-refractivity contribution in [2.24, 2.45) is 10.9 Å². The Morgan fingerprint density at radius 3 is 2.71 bits per heavy atom. The summed E-state index contributed by atoms with van der Waals surface area (Å²) >= 11 is 8.50. The van der Waals surface area contributed by atoms with E-state index in [2.05, 4.69) is 15.5 Å². The molecule has 2 aliphatic rings. The number of hydrogen-bond acceptors (Lipinski definition) is 11. The molecule has 2 aliphatic heterocycles. The topological polar surface area (TPSA) is 186 Å². The lowest BCUT2D eigenvalue weighted by Gasteiger charge is -2.49. The standard InChI is InChI=1S/C22H24ClN7O6S2/c23-17-13(27-22(25)38-17)14(28-36-9-8-35-7-4-24)18(31)26-15-19(32)30-16(21(33)34)12(11-37-20(15)30)10-29-5-2-1-3-6-29/h1-3,5-6,15,20H,4,7-11,24H2,(H3-,25,26,27,31,33,34)/p+1/b28-14-/t15-,20+/m1/s1.